The fraction of sp³-hybridized carbons (Fsp3) is 0.533. The van der Waals surface area contributed by atoms with Crippen molar-refractivity contribution in [1.29, 1.82) is 0 Å². The highest BCUT2D eigenvalue weighted by molar-refractivity contribution is 6.31. The minimum atomic E-state index is -0.0844. The number of anilines is 1. The van der Waals surface area contributed by atoms with Crippen LogP contribution in [0, 0.1) is 0 Å². The minimum Gasteiger partial charge on any atom is -0.359 e. The van der Waals surface area contributed by atoms with E-state index >= 15 is 0 Å². The van der Waals surface area contributed by atoms with Crippen LogP contribution < -0.4 is 15.5 Å². The Morgan fingerprint density at radius 2 is 2.30 bits per heavy atom. The Morgan fingerprint density at radius 1 is 1.50 bits per heavy atom. The van der Waals surface area contributed by atoms with E-state index in [1.807, 2.05) is 12.1 Å². The predicted octanol–water partition coefficient (Wildman–Crippen LogP) is 2.16. The van der Waals surface area contributed by atoms with Crippen molar-refractivity contribution in [3.05, 3.63) is 28.8 Å². The van der Waals surface area contributed by atoms with Gasteiger partial charge in [0.2, 0.25) is 5.91 Å². The number of hydrogen-bond donors (Lipinski definition) is 2. The van der Waals surface area contributed by atoms with Gasteiger partial charge < -0.3 is 15.5 Å². The largest absolute Gasteiger partial charge is 0.359 e. The third kappa shape index (κ3) is 3.07. The number of nitrogens with zero attached hydrogens (tertiary/aromatic N) is 1. The summed E-state index contributed by atoms with van der Waals surface area (Å²) in [5.74, 6) is 0.0804. The van der Waals surface area contributed by atoms with Gasteiger partial charge in [0.1, 0.15) is 6.04 Å². The molecule has 1 aromatic rings. The van der Waals surface area contributed by atoms with Crippen LogP contribution in [-0.2, 0) is 11.3 Å². The SMILES string of the molecule is CCNCc1c(Cl)cccc1N1CCCC1C(=O)NC. The van der Waals surface area contributed by atoms with Crippen LogP contribution in [0.25, 0.3) is 0 Å². The van der Waals surface area contributed by atoms with Crippen molar-refractivity contribution in [3.8, 4) is 0 Å². The van der Waals surface area contributed by atoms with Crippen LogP contribution in [0.3, 0.4) is 0 Å². The average molecular weight is 296 g/mol. The van der Waals surface area contributed by atoms with Gasteiger partial charge in [-0.15, -0.1) is 0 Å². The second kappa shape index (κ2) is 6.95. The lowest BCUT2D eigenvalue weighted by Crippen LogP contribution is -2.42. The topological polar surface area (TPSA) is 44.4 Å². The van der Waals surface area contributed by atoms with Crippen molar-refractivity contribution in [2.75, 3.05) is 25.0 Å². The van der Waals surface area contributed by atoms with Gasteiger partial charge in [0.15, 0.2) is 0 Å². The molecule has 1 aliphatic rings. The summed E-state index contributed by atoms with van der Waals surface area (Å²) in [6.45, 7) is 4.59. The zero-order valence-electron chi connectivity index (χ0n) is 12.1. The summed E-state index contributed by atoms with van der Waals surface area (Å²) in [5.41, 5.74) is 2.15. The Kier molecular flexibility index (Phi) is 5.26. The molecule has 1 unspecified atom stereocenters. The van der Waals surface area contributed by atoms with Crippen molar-refractivity contribution in [3.63, 3.8) is 0 Å². The molecule has 2 rings (SSSR count). The lowest BCUT2D eigenvalue weighted by Gasteiger charge is -2.28. The molecule has 0 aromatic heterocycles. The highest BCUT2D eigenvalue weighted by atomic mass is 35.5. The van der Waals surface area contributed by atoms with E-state index in [0.29, 0.717) is 0 Å². The number of likely N-dealkylation sites (N-methyl/N-ethyl adjacent to an activating group) is 1. The van der Waals surface area contributed by atoms with Gasteiger partial charge in [-0.3, -0.25) is 4.79 Å². The fourth-order valence-corrected chi connectivity index (χ4v) is 2.97. The van der Waals surface area contributed by atoms with E-state index in [1.54, 1.807) is 7.05 Å². The molecule has 0 saturated carbocycles. The fourth-order valence-electron chi connectivity index (χ4n) is 2.74. The van der Waals surface area contributed by atoms with E-state index < -0.39 is 0 Å². The lowest BCUT2D eigenvalue weighted by atomic mass is 10.1. The van der Waals surface area contributed by atoms with Gasteiger partial charge in [0.25, 0.3) is 0 Å². The van der Waals surface area contributed by atoms with Gasteiger partial charge in [-0.05, 0) is 31.5 Å². The molecular weight excluding hydrogens is 274 g/mol. The van der Waals surface area contributed by atoms with Gasteiger partial charge in [0.05, 0.1) is 0 Å². The van der Waals surface area contributed by atoms with Crippen LogP contribution in [0.1, 0.15) is 25.3 Å². The maximum absolute atomic E-state index is 12.0. The second-order valence-corrected chi connectivity index (χ2v) is 5.39. The van der Waals surface area contributed by atoms with Gasteiger partial charge in [-0.25, -0.2) is 0 Å². The molecule has 1 heterocycles. The van der Waals surface area contributed by atoms with E-state index in [4.69, 9.17) is 11.6 Å². The molecule has 1 atom stereocenters. The zero-order valence-corrected chi connectivity index (χ0v) is 12.8. The Labute approximate surface area is 125 Å². The average Bonchev–Trinajstić information content (AvgIpc) is 2.94. The van der Waals surface area contributed by atoms with Crippen molar-refractivity contribution in [1.82, 2.24) is 10.6 Å². The number of carbonyl (C=O) groups is 1. The molecular formula is C15H22ClN3O. The number of hydrogen-bond acceptors (Lipinski definition) is 3. The summed E-state index contributed by atoms with van der Waals surface area (Å²) < 4.78 is 0. The molecule has 20 heavy (non-hydrogen) atoms. The summed E-state index contributed by atoms with van der Waals surface area (Å²) in [6, 6.07) is 5.83. The third-order valence-electron chi connectivity index (χ3n) is 3.76. The van der Waals surface area contributed by atoms with Crippen molar-refractivity contribution in [2.24, 2.45) is 0 Å². The van der Waals surface area contributed by atoms with Gasteiger partial charge in [-0.1, -0.05) is 24.6 Å². The molecule has 1 amide bonds. The van der Waals surface area contributed by atoms with Gasteiger partial charge in [-0.2, -0.15) is 0 Å². The second-order valence-electron chi connectivity index (χ2n) is 4.98. The van der Waals surface area contributed by atoms with Crippen molar-refractivity contribution in [2.45, 2.75) is 32.4 Å². The molecule has 4 nitrogen and oxygen atoms in total. The van der Waals surface area contributed by atoms with E-state index in [9.17, 15) is 4.79 Å². The van der Waals surface area contributed by atoms with Crippen LogP contribution in [0.2, 0.25) is 5.02 Å². The Hall–Kier alpha value is -1.26. The first kappa shape index (κ1) is 15.1. The molecule has 1 fully saturated rings. The molecule has 5 heteroatoms. The number of amides is 1. The highest BCUT2D eigenvalue weighted by Gasteiger charge is 2.31. The maximum Gasteiger partial charge on any atom is 0.242 e. The first-order valence-electron chi connectivity index (χ1n) is 7.15. The van der Waals surface area contributed by atoms with E-state index in [1.165, 1.54) is 0 Å². The molecule has 0 bridgehead atoms. The predicted molar refractivity (Wildman–Crippen MR) is 83.3 cm³/mol. The summed E-state index contributed by atoms with van der Waals surface area (Å²) in [6.07, 6.45) is 1.93. The van der Waals surface area contributed by atoms with Crippen LogP contribution in [0.4, 0.5) is 5.69 Å². The van der Waals surface area contributed by atoms with Crippen LogP contribution >= 0.6 is 11.6 Å². The first-order chi connectivity index (χ1) is 9.69. The van der Waals surface area contributed by atoms with Crippen LogP contribution in [0.15, 0.2) is 18.2 Å². The Morgan fingerprint density at radius 3 is 3.00 bits per heavy atom. The number of benzene rings is 1. The molecule has 2 N–H and O–H groups in total. The minimum absolute atomic E-state index is 0.0804. The first-order valence-corrected chi connectivity index (χ1v) is 7.53. The molecule has 1 saturated heterocycles. The standard InChI is InChI=1S/C15H22ClN3O/c1-3-18-10-11-12(16)6-4-7-13(11)19-9-5-8-14(19)15(20)17-2/h4,6-7,14,18H,3,5,8-10H2,1-2H3,(H,17,20). The van der Waals surface area contributed by atoms with E-state index in [2.05, 4.69) is 28.5 Å². The van der Waals surface area contributed by atoms with E-state index in [-0.39, 0.29) is 11.9 Å². The molecule has 1 aromatic carbocycles. The Balaban J connectivity index is 2.31. The number of rotatable bonds is 5. The molecule has 0 aliphatic carbocycles. The van der Waals surface area contributed by atoms with Gasteiger partial charge in [0, 0.05) is 36.4 Å². The quantitative estimate of drug-likeness (QED) is 0.875. The van der Waals surface area contributed by atoms with Gasteiger partial charge >= 0.3 is 0 Å². The molecule has 1 aliphatic heterocycles. The number of nitrogens with one attached hydrogen (secondary N) is 2. The number of carbonyl (C=O) groups excluding carboxylic acids is 1. The van der Waals surface area contributed by atoms with Crippen LogP contribution in [0.5, 0.6) is 0 Å². The Bertz CT molecular complexity index is 478. The summed E-state index contributed by atoms with van der Waals surface area (Å²) >= 11 is 6.34. The summed E-state index contributed by atoms with van der Waals surface area (Å²) in [7, 11) is 1.69. The molecule has 0 radical (unpaired) electrons. The van der Waals surface area contributed by atoms with Crippen molar-refractivity contribution >= 4 is 23.2 Å². The van der Waals surface area contributed by atoms with E-state index in [0.717, 1.165) is 48.7 Å². The zero-order chi connectivity index (χ0) is 14.5. The monoisotopic (exact) mass is 295 g/mol. The maximum atomic E-state index is 12.0. The van der Waals surface area contributed by atoms with Crippen LogP contribution in [-0.4, -0.2) is 32.1 Å². The molecule has 110 valence electrons. The summed E-state index contributed by atoms with van der Waals surface area (Å²) in [5, 5.41) is 6.83. The number of halogens is 1. The molecule has 0 spiro atoms. The third-order valence-corrected chi connectivity index (χ3v) is 4.11. The van der Waals surface area contributed by atoms with Crippen molar-refractivity contribution < 1.29 is 4.79 Å². The lowest BCUT2D eigenvalue weighted by molar-refractivity contribution is -0.121. The normalized spacial score (nSPS) is 18.4. The summed E-state index contributed by atoms with van der Waals surface area (Å²) in [4.78, 5) is 14.2. The highest BCUT2D eigenvalue weighted by Crippen LogP contribution is 2.32. The smallest absolute Gasteiger partial charge is 0.242 e.